The number of carbonyl (C=O) groups excluding carboxylic acids is 1. The van der Waals surface area contributed by atoms with Crippen LogP contribution in [0.4, 0.5) is 0 Å². The number of nitrogens with zero attached hydrogens (tertiary/aromatic N) is 2. The third kappa shape index (κ3) is 4.92. The van der Waals surface area contributed by atoms with E-state index in [-0.39, 0.29) is 29.0 Å². The van der Waals surface area contributed by atoms with E-state index in [1.165, 1.54) is 17.3 Å². The number of benzene rings is 1. The number of thioether (sulfide) groups is 1. The van der Waals surface area contributed by atoms with Gasteiger partial charge in [-0.05, 0) is 24.3 Å². The summed E-state index contributed by atoms with van der Waals surface area (Å²) in [5, 5.41) is 8.23. The van der Waals surface area contributed by atoms with Crippen LogP contribution in [0.5, 0.6) is 0 Å². The predicted octanol–water partition coefficient (Wildman–Crippen LogP) is 2.58. The van der Waals surface area contributed by atoms with Gasteiger partial charge in [0.2, 0.25) is 5.89 Å². The largest absolute Gasteiger partial charge is 0.416 e. The second-order valence-corrected chi connectivity index (χ2v) is 9.35. The Morgan fingerprint density at radius 1 is 1.28 bits per heavy atom. The first kappa shape index (κ1) is 18.1. The fourth-order valence-electron chi connectivity index (χ4n) is 2.80. The van der Waals surface area contributed by atoms with Crippen molar-refractivity contribution in [1.82, 2.24) is 10.2 Å². The Morgan fingerprint density at radius 3 is 2.68 bits per heavy atom. The van der Waals surface area contributed by atoms with Gasteiger partial charge in [0.1, 0.15) is 0 Å². The van der Waals surface area contributed by atoms with Gasteiger partial charge in [0.25, 0.3) is 5.22 Å². The van der Waals surface area contributed by atoms with Gasteiger partial charge >= 0.3 is 0 Å². The second kappa shape index (κ2) is 7.70. The average molecular weight is 380 g/mol. The molecule has 2 aromatic rings. The SMILES string of the molecule is CCc1ccc(C(=O)CSc2nnc(C[C@H]3CCS(=O)(=O)C3)o2)cc1. The molecule has 1 aliphatic rings. The molecular formula is C17H20N2O4S2. The molecule has 0 radical (unpaired) electrons. The molecule has 1 fully saturated rings. The van der Waals surface area contributed by atoms with Crippen molar-refractivity contribution in [2.24, 2.45) is 5.92 Å². The minimum atomic E-state index is -2.91. The molecule has 0 spiro atoms. The van der Waals surface area contributed by atoms with Crippen LogP contribution in [-0.4, -0.2) is 41.7 Å². The number of ketones is 1. The summed E-state index contributed by atoms with van der Waals surface area (Å²) in [6.07, 6.45) is 2.05. The van der Waals surface area contributed by atoms with Crippen molar-refractivity contribution >= 4 is 27.4 Å². The van der Waals surface area contributed by atoms with Crippen LogP contribution in [0, 0.1) is 5.92 Å². The standard InChI is InChI=1S/C17H20N2O4S2/c1-2-12-3-5-14(6-4-12)15(20)10-24-17-19-18-16(23-17)9-13-7-8-25(21,22)11-13/h3-6,13H,2,7-11H2,1H3/t13-/m1/s1. The molecule has 2 heterocycles. The van der Waals surface area contributed by atoms with E-state index in [0.717, 1.165) is 6.42 Å². The molecule has 0 N–H and O–H groups in total. The van der Waals surface area contributed by atoms with Gasteiger partial charge in [-0.15, -0.1) is 10.2 Å². The zero-order valence-corrected chi connectivity index (χ0v) is 15.6. The van der Waals surface area contributed by atoms with Crippen LogP contribution in [0.15, 0.2) is 33.9 Å². The number of hydrogen-bond donors (Lipinski definition) is 0. The maximum Gasteiger partial charge on any atom is 0.277 e. The highest BCUT2D eigenvalue weighted by Gasteiger charge is 2.29. The van der Waals surface area contributed by atoms with Gasteiger partial charge in [0.15, 0.2) is 15.6 Å². The summed E-state index contributed by atoms with van der Waals surface area (Å²) in [6.45, 7) is 2.07. The van der Waals surface area contributed by atoms with Gasteiger partial charge in [-0.2, -0.15) is 0 Å². The number of Topliss-reactive ketones (excluding diaryl/α,β-unsaturated/α-hetero) is 1. The Labute approximate surface area is 151 Å². The molecule has 0 unspecified atom stereocenters. The van der Waals surface area contributed by atoms with E-state index in [1.54, 1.807) is 0 Å². The van der Waals surface area contributed by atoms with Gasteiger partial charge < -0.3 is 4.42 Å². The van der Waals surface area contributed by atoms with Gasteiger partial charge in [-0.1, -0.05) is 43.0 Å². The molecule has 0 amide bonds. The lowest BCUT2D eigenvalue weighted by molar-refractivity contribution is 0.102. The molecule has 0 aliphatic carbocycles. The number of aryl methyl sites for hydroxylation is 1. The normalized spacial score (nSPS) is 19.2. The zero-order chi connectivity index (χ0) is 17.9. The molecule has 0 saturated carbocycles. The first-order valence-corrected chi connectivity index (χ1v) is 11.0. The monoisotopic (exact) mass is 380 g/mol. The molecular weight excluding hydrogens is 360 g/mol. The lowest BCUT2D eigenvalue weighted by atomic mass is 10.1. The summed E-state index contributed by atoms with van der Waals surface area (Å²) in [5.41, 5.74) is 1.86. The van der Waals surface area contributed by atoms with Crippen LogP contribution >= 0.6 is 11.8 Å². The van der Waals surface area contributed by atoms with Crippen molar-refractivity contribution in [2.75, 3.05) is 17.3 Å². The van der Waals surface area contributed by atoms with Gasteiger partial charge in [-0.3, -0.25) is 4.79 Å². The topological polar surface area (TPSA) is 90.1 Å². The number of hydrogen-bond acceptors (Lipinski definition) is 7. The molecule has 134 valence electrons. The first-order valence-electron chi connectivity index (χ1n) is 8.23. The smallest absolute Gasteiger partial charge is 0.277 e. The third-order valence-electron chi connectivity index (χ3n) is 4.25. The van der Waals surface area contributed by atoms with Crippen LogP contribution in [0.2, 0.25) is 0 Å². The highest BCUT2D eigenvalue weighted by molar-refractivity contribution is 7.99. The third-order valence-corrected chi connectivity index (χ3v) is 6.90. The number of sulfone groups is 1. The minimum absolute atomic E-state index is 0.00860. The molecule has 1 aromatic carbocycles. The summed E-state index contributed by atoms with van der Waals surface area (Å²) in [6, 6.07) is 7.58. The van der Waals surface area contributed by atoms with Crippen molar-refractivity contribution in [2.45, 2.75) is 31.4 Å². The van der Waals surface area contributed by atoms with E-state index in [9.17, 15) is 13.2 Å². The highest BCUT2D eigenvalue weighted by Crippen LogP contribution is 2.24. The number of aromatic nitrogens is 2. The van der Waals surface area contributed by atoms with E-state index < -0.39 is 9.84 Å². The quantitative estimate of drug-likeness (QED) is 0.538. The van der Waals surface area contributed by atoms with E-state index in [1.807, 2.05) is 24.3 Å². The first-order chi connectivity index (χ1) is 11.9. The molecule has 1 aliphatic heterocycles. The molecule has 0 bridgehead atoms. The van der Waals surface area contributed by atoms with Crippen molar-refractivity contribution < 1.29 is 17.6 Å². The minimum Gasteiger partial charge on any atom is -0.416 e. The van der Waals surface area contributed by atoms with E-state index in [2.05, 4.69) is 17.1 Å². The average Bonchev–Trinajstić information content (AvgIpc) is 3.19. The van der Waals surface area contributed by atoms with Crippen molar-refractivity contribution in [3.05, 3.63) is 41.3 Å². The summed E-state index contributed by atoms with van der Waals surface area (Å²) < 4.78 is 28.5. The Bertz CT molecular complexity index is 844. The maximum atomic E-state index is 12.2. The van der Waals surface area contributed by atoms with E-state index in [4.69, 9.17) is 4.42 Å². The van der Waals surface area contributed by atoms with Crippen LogP contribution < -0.4 is 0 Å². The lowest BCUT2D eigenvalue weighted by Crippen LogP contribution is -2.07. The fourth-order valence-corrected chi connectivity index (χ4v) is 5.33. The lowest BCUT2D eigenvalue weighted by Gasteiger charge is -2.02. The Kier molecular flexibility index (Phi) is 5.58. The molecule has 3 rings (SSSR count). The second-order valence-electron chi connectivity index (χ2n) is 6.20. The van der Waals surface area contributed by atoms with Gasteiger partial charge in [-0.25, -0.2) is 8.42 Å². The number of rotatable bonds is 7. The summed E-state index contributed by atoms with van der Waals surface area (Å²) in [7, 11) is -2.91. The van der Waals surface area contributed by atoms with E-state index >= 15 is 0 Å². The molecule has 1 atom stereocenters. The van der Waals surface area contributed by atoms with Gasteiger partial charge in [0.05, 0.1) is 17.3 Å². The van der Waals surface area contributed by atoms with E-state index in [0.29, 0.717) is 29.5 Å². The van der Waals surface area contributed by atoms with Crippen molar-refractivity contribution in [3.8, 4) is 0 Å². The number of carbonyl (C=O) groups is 1. The molecule has 25 heavy (non-hydrogen) atoms. The van der Waals surface area contributed by atoms with Crippen molar-refractivity contribution in [3.63, 3.8) is 0 Å². The Balaban J connectivity index is 1.52. The summed E-state index contributed by atoms with van der Waals surface area (Å²) in [4.78, 5) is 12.2. The Hall–Kier alpha value is -1.67. The zero-order valence-electron chi connectivity index (χ0n) is 14.0. The Morgan fingerprint density at radius 2 is 2.04 bits per heavy atom. The van der Waals surface area contributed by atoms with Crippen LogP contribution in [-0.2, 0) is 22.7 Å². The van der Waals surface area contributed by atoms with Crippen LogP contribution in [0.25, 0.3) is 0 Å². The van der Waals surface area contributed by atoms with Crippen LogP contribution in [0.3, 0.4) is 0 Å². The molecule has 8 heteroatoms. The van der Waals surface area contributed by atoms with Crippen molar-refractivity contribution in [1.29, 1.82) is 0 Å². The highest BCUT2D eigenvalue weighted by atomic mass is 32.2. The summed E-state index contributed by atoms with van der Waals surface area (Å²) in [5.74, 6) is 1.13. The predicted molar refractivity (Wildman–Crippen MR) is 95.6 cm³/mol. The fraction of sp³-hybridized carbons (Fsp3) is 0.471. The van der Waals surface area contributed by atoms with Crippen LogP contribution in [0.1, 0.15) is 35.2 Å². The maximum absolute atomic E-state index is 12.2. The van der Waals surface area contributed by atoms with Gasteiger partial charge in [0, 0.05) is 12.0 Å². The molecule has 1 saturated heterocycles. The molecule has 1 aromatic heterocycles. The summed E-state index contributed by atoms with van der Waals surface area (Å²) >= 11 is 1.20. The molecule has 6 nitrogen and oxygen atoms in total.